The van der Waals surface area contributed by atoms with Gasteiger partial charge in [-0.2, -0.15) is 0 Å². The molecule has 0 amide bonds. The average molecular weight is 396 g/mol. The van der Waals surface area contributed by atoms with E-state index in [2.05, 4.69) is 48.7 Å². The summed E-state index contributed by atoms with van der Waals surface area (Å²) in [5.41, 5.74) is 1.29. The summed E-state index contributed by atoms with van der Waals surface area (Å²) in [7, 11) is -0.686. The first-order chi connectivity index (χ1) is 12.6. The van der Waals surface area contributed by atoms with E-state index in [-0.39, 0.29) is 0 Å². The van der Waals surface area contributed by atoms with Gasteiger partial charge in [0.2, 0.25) is 0 Å². The van der Waals surface area contributed by atoms with Crippen LogP contribution in [0.2, 0.25) is 0 Å². The fourth-order valence-corrected chi connectivity index (χ4v) is 5.31. The van der Waals surface area contributed by atoms with Crippen LogP contribution >= 0.6 is 11.8 Å². The zero-order chi connectivity index (χ0) is 18.8. The number of nitrogens with zero attached hydrogens (tertiary/aromatic N) is 1. The lowest BCUT2D eigenvalue weighted by Crippen LogP contribution is -2.46. The fourth-order valence-electron chi connectivity index (χ4n) is 3.22. The largest absolute Gasteiger partial charge is 0.357 e. The number of guanidine groups is 1. The van der Waals surface area contributed by atoms with E-state index in [9.17, 15) is 4.21 Å². The smallest absolute Gasteiger partial charge is 0.191 e. The van der Waals surface area contributed by atoms with Gasteiger partial charge < -0.3 is 10.6 Å². The molecule has 0 spiro atoms. The summed E-state index contributed by atoms with van der Waals surface area (Å²) >= 11 is 1.84. The van der Waals surface area contributed by atoms with Crippen LogP contribution in [0, 0.1) is 6.92 Å². The Bertz CT molecular complexity index is 589. The number of nitrogens with one attached hydrogen (secondary N) is 2. The molecule has 0 radical (unpaired) electrons. The third-order valence-corrected chi connectivity index (χ3v) is 7.35. The molecule has 1 fully saturated rings. The summed E-state index contributed by atoms with van der Waals surface area (Å²) in [6, 6.07) is 9.02. The van der Waals surface area contributed by atoms with Crippen LogP contribution in [0.3, 0.4) is 0 Å². The van der Waals surface area contributed by atoms with Crippen molar-refractivity contribution in [2.75, 3.05) is 24.6 Å². The molecule has 0 bridgehead atoms. The average Bonchev–Trinajstić information content (AvgIpc) is 2.66. The summed E-state index contributed by atoms with van der Waals surface area (Å²) in [6.07, 6.45) is 4.37. The van der Waals surface area contributed by atoms with Crippen molar-refractivity contribution in [1.82, 2.24) is 10.6 Å². The second-order valence-corrected chi connectivity index (χ2v) is 9.90. The van der Waals surface area contributed by atoms with Crippen molar-refractivity contribution in [3.8, 4) is 0 Å². The van der Waals surface area contributed by atoms with Gasteiger partial charge in [0.25, 0.3) is 0 Å². The molecule has 1 aromatic rings. The molecule has 0 aliphatic heterocycles. The predicted octanol–water partition coefficient (Wildman–Crippen LogP) is 3.72. The second kappa shape index (κ2) is 11.7. The molecule has 4 nitrogen and oxygen atoms in total. The minimum absolute atomic E-state index is 0.339. The Labute approximate surface area is 165 Å². The molecular formula is C20H33N3OS2. The zero-order valence-electron chi connectivity index (χ0n) is 16.3. The van der Waals surface area contributed by atoms with E-state index in [1.54, 1.807) is 0 Å². The molecule has 3 unspecified atom stereocenters. The third-order valence-electron chi connectivity index (χ3n) is 4.62. The number of hydrogen-bond acceptors (Lipinski definition) is 3. The van der Waals surface area contributed by atoms with Crippen LogP contribution in [0.5, 0.6) is 0 Å². The van der Waals surface area contributed by atoms with Crippen LogP contribution < -0.4 is 10.6 Å². The Hall–Kier alpha value is -1.01. The van der Waals surface area contributed by atoms with Gasteiger partial charge in [-0.25, -0.2) is 0 Å². The lowest BCUT2D eigenvalue weighted by atomic mass is 9.95. The van der Waals surface area contributed by atoms with E-state index in [1.165, 1.54) is 10.5 Å². The number of rotatable bonds is 8. The highest BCUT2D eigenvalue weighted by Crippen LogP contribution is 2.23. The monoisotopic (exact) mass is 395 g/mol. The molecule has 6 heteroatoms. The summed E-state index contributed by atoms with van der Waals surface area (Å²) in [5, 5.41) is 7.25. The van der Waals surface area contributed by atoms with Gasteiger partial charge in [0, 0.05) is 45.0 Å². The number of aliphatic imine (C=N–C) groups is 1. The Balaban J connectivity index is 1.81. The SMILES string of the molecule is CCNC(=NCCSc1ccc(C)cc1)NC1CCCC(S(=O)CC)C1. The molecule has 146 valence electrons. The molecule has 2 rings (SSSR count). The summed E-state index contributed by atoms with van der Waals surface area (Å²) in [4.78, 5) is 6.02. The van der Waals surface area contributed by atoms with E-state index >= 15 is 0 Å². The quantitative estimate of drug-likeness (QED) is 0.305. The maximum absolute atomic E-state index is 12.1. The first kappa shape index (κ1) is 21.3. The van der Waals surface area contributed by atoms with E-state index in [0.717, 1.165) is 56.2 Å². The molecule has 0 aromatic heterocycles. The Morgan fingerprint density at radius 1 is 1.27 bits per heavy atom. The summed E-state index contributed by atoms with van der Waals surface area (Å²) < 4.78 is 12.1. The summed E-state index contributed by atoms with van der Waals surface area (Å²) in [5.74, 6) is 2.62. The van der Waals surface area contributed by atoms with Crippen molar-refractivity contribution in [2.45, 2.75) is 62.6 Å². The molecule has 0 heterocycles. The highest BCUT2D eigenvalue weighted by atomic mass is 32.2. The third kappa shape index (κ3) is 7.31. The van der Waals surface area contributed by atoms with Crippen LogP contribution in [0.4, 0.5) is 0 Å². The first-order valence-corrected chi connectivity index (χ1v) is 12.1. The van der Waals surface area contributed by atoms with Crippen molar-refractivity contribution in [1.29, 1.82) is 0 Å². The second-order valence-electron chi connectivity index (χ2n) is 6.72. The van der Waals surface area contributed by atoms with Crippen molar-refractivity contribution in [2.24, 2.45) is 4.99 Å². The normalized spacial score (nSPS) is 22.0. The summed E-state index contributed by atoms with van der Waals surface area (Å²) in [6.45, 7) is 7.86. The van der Waals surface area contributed by atoms with Crippen molar-refractivity contribution >= 4 is 28.5 Å². The molecule has 1 aromatic carbocycles. The van der Waals surface area contributed by atoms with Gasteiger partial charge in [-0.15, -0.1) is 11.8 Å². The predicted molar refractivity (Wildman–Crippen MR) is 116 cm³/mol. The molecule has 1 saturated carbocycles. The van der Waals surface area contributed by atoms with Crippen LogP contribution in [0.1, 0.15) is 45.1 Å². The van der Waals surface area contributed by atoms with Crippen LogP contribution in [0.15, 0.2) is 34.2 Å². The van der Waals surface area contributed by atoms with Gasteiger partial charge in [0.05, 0.1) is 6.54 Å². The van der Waals surface area contributed by atoms with Gasteiger partial charge in [0.1, 0.15) is 0 Å². The van der Waals surface area contributed by atoms with E-state index in [1.807, 2.05) is 18.7 Å². The van der Waals surface area contributed by atoms with Crippen molar-refractivity contribution in [3.63, 3.8) is 0 Å². The maximum Gasteiger partial charge on any atom is 0.191 e. The Morgan fingerprint density at radius 3 is 2.73 bits per heavy atom. The topological polar surface area (TPSA) is 53.5 Å². The van der Waals surface area contributed by atoms with E-state index in [4.69, 9.17) is 4.99 Å². The fraction of sp³-hybridized carbons (Fsp3) is 0.650. The molecule has 2 N–H and O–H groups in total. The highest BCUT2D eigenvalue weighted by molar-refractivity contribution is 7.99. The van der Waals surface area contributed by atoms with Gasteiger partial charge >= 0.3 is 0 Å². The van der Waals surface area contributed by atoms with Crippen molar-refractivity contribution in [3.05, 3.63) is 29.8 Å². The first-order valence-electron chi connectivity index (χ1n) is 9.73. The molecule has 1 aliphatic rings. The Morgan fingerprint density at radius 2 is 2.04 bits per heavy atom. The lowest BCUT2D eigenvalue weighted by Gasteiger charge is -2.30. The number of thioether (sulfide) groups is 1. The standard InChI is InChI=1S/C20H33N3OS2/c1-4-21-20(22-13-14-25-18-11-9-16(3)10-12-18)23-17-7-6-8-19(15-17)26(24)5-2/h9-12,17,19H,4-8,13-15H2,1-3H3,(H2,21,22,23). The zero-order valence-corrected chi connectivity index (χ0v) is 17.9. The maximum atomic E-state index is 12.1. The minimum Gasteiger partial charge on any atom is -0.357 e. The molecule has 1 aliphatic carbocycles. The van der Waals surface area contributed by atoms with E-state index in [0.29, 0.717) is 11.3 Å². The lowest BCUT2D eigenvalue weighted by molar-refractivity contribution is 0.413. The van der Waals surface area contributed by atoms with Crippen LogP contribution in [-0.2, 0) is 10.8 Å². The molecule has 0 saturated heterocycles. The van der Waals surface area contributed by atoms with Gasteiger partial charge in [-0.05, 0) is 45.2 Å². The molecular weight excluding hydrogens is 362 g/mol. The van der Waals surface area contributed by atoms with Gasteiger partial charge in [-0.3, -0.25) is 9.20 Å². The molecule has 26 heavy (non-hydrogen) atoms. The molecule has 3 atom stereocenters. The van der Waals surface area contributed by atoms with Crippen LogP contribution in [0.25, 0.3) is 0 Å². The number of aryl methyl sites for hydroxylation is 1. The van der Waals surface area contributed by atoms with Crippen molar-refractivity contribution < 1.29 is 4.21 Å². The van der Waals surface area contributed by atoms with Gasteiger partial charge in [-0.1, -0.05) is 31.0 Å². The van der Waals surface area contributed by atoms with E-state index < -0.39 is 10.8 Å². The van der Waals surface area contributed by atoms with Gasteiger partial charge in [0.15, 0.2) is 5.96 Å². The number of hydrogen-bond donors (Lipinski definition) is 2. The highest BCUT2D eigenvalue weighted by Gasteiger charge is 2.25. The van der Waals surface area contributed by atoms with Crippen LogP contribution in [-0.4, -0.2) is 46.1 Å². The Kier molecular flexibility index (Phi) is 9.54. The number of benzene rings is 1. The minimum atomic E-state index is -0.686.